The normalized spacial score (nSPS) is 15.3. The van der Waals surface area contributed by atoms with Crippen LogP contribution < -0.4 is 10.5 Å². The fraction of sp³-hybridized carbons (Fsp3) is 0.571. The van der Waals surface area contributed by atoms with Crippen molar-refractivity contribution in [3.63, 3.8) is 0 Å². The van der Waals surface area contributed by atoms with Crippen LogP contribution in [0.25, 0.3) is 0 Å². The van der Waals surface area contributed by atoms with E-state index in [2.05, 4.69) is 4.72 Å². The molecule has 1 aromatic carbocycles. The Hall–Kier alpha value is -1.18. The van der Waals surface area contributed by atoms with E-state index in [1.807, 2.05) is 0 Å². The summed E-state index contributed by atoms with van der Waals surface area (Å²) in [5.74, 6) is 0.0725. The Kier molecular flexibility index (Phi) is 5.18. The van der Waals surface area contributed by atoms with Crippen molar-refractivity contribution < 1.29 is 17.5 Å². The molecule has 0 unspecified atom stereocenters. The highest BCUT2D eigenvalue weighted by atomic mass is 32.2. The molecule has 0 atom stereocenters. The lowest BCUT2D eigenvalue weighted by molar-refractivity contribution is 0.123. The monoisotopic (exact) mass is 316 g/mol. The maximum Gasteiger partial charge on any atom is 0.240 e. The van der Waals surface area contributed by atoms with Gasteiger partial charge in [0.2, 0.25) is 10.0 Å². The van der Waals surface area contributed by atoms with Gasteiger partial charge in [-0.05, 0) is 44.2 Å². The second-order valence-corrected chi connectivity index (χ2v) is 7.16. The van der Waals surface area contributed by atoms with Crippen molar-refractivity contribution in [3.8, 4) is 0 Å². The van der Waals surface area contributed by atoms with Gasteiger partial charge in [-0.3, -0.25) is 0 Å². The van der Waals surface area contributed by atoms with Crippen LogP contribution in [0.4, 0.5) is 10.1 Å². The lowest BCUT2D eigenvalue weighted by atomic mass is 10.2. The van der Waals surface area contributed by atoms with E-state index in [0.29, 0.717) is 18.9 Å². The van der Waals surface area contributed by atoms with Crippen molar-refractivity contribution in [1.82, 2.24) is 4.72 Å². The Morgan fingerprint density at radius 1 is 1.43 bits per heavy atom. The van der Waals surface area contributed by atoms with Crippen LogP contribution in [0.5, 0.6) is 0 Å². The molecule has 118 valence electrons. The van der Waals surface area contributed by atoms with Crippen LogP contribution in [0.3, 0.4) is 0 Å². The quantitative estimate of drug-likeness (QED) is 0.566. The highest BCUT2D eigenvalue weighted by Crippen LogP contribution is 2.28. The fourth-order valence-corrected chi connectivity index (χ4v) is 2.95. The molecule has 5 nitrogen and oxygen atoms in total. The van der Waals surface area contributed by atoms with Gasteiger partial charge in [0.25, 0.3) is 0 Å². The van der Waals surface area contributed by atoms with E-state index in [0.717, 1.165) is 12.7 Å². The first-order valence-corrected chi connectivity index (χ1v) is 8.51. The topological polar surface area (TPSA) is 81.4 Å². The number of nitrogen functional groups attached to an aromatic ring is 1. The first kappa shape index (κ1) is 16.2. The molecular weight excluding hydrogens is 295 g/mol. The predicted octanol–water partition coefficient (Wildman–Crippen LogP) is 1.81. The van der Waals surface area contributed by atoms with Crippen molar-refractivity contribution in [2.24, 2.45) is 5.92 Å². The zero-order valence-corrected chi connectivity index (χ0v) is 12.9. The average molecular weight is 316 g/mol. The van der Waals surface area contributed by atoms with Crippen molar-refractivity contribution >= 4 is 15.7 Å². The minimum atomic E-state index is -3.74. The molecule has 21 heavy (non-hydrogen) atoms. The van der Waals surface area contributed by atoms with Crippen LogP contribution in [0.1, 0.15) is 24.8 Å². The number of halogens is 1. The van der Waals surface area contributed by atoms with E-state index in [9.17, 15) is 12.8 Å². The Balaban J connectivity index is 1.83. The molecule has 0 aliphatic heterocycles. The van der Waals surface area contributed by atoms with Crippen molar-refractivity contribution in [3.05, 3.63) is 23.5 Å². The van der Waals surface area contributed by atoms with Gasteiger partial charge in [-0.15, -0.1) is 0 Å². The Morgan fingerprint density at radius 2 is 2.14 bits per heavy atom. The molecule has 1 aliphatic carbocycles. The highest BCUT2D eigenvalue weighted by molar-refractivity contribution is 7.89. The van der Waals surface area contributed by atoms with E-state index in [1.54, 1.807) is 0 Å². The van der Waals surface area contributed by atoms with Crippen LogP contribution in [0.2, 0.25) is 0 Å². The first-order valence-electron chi connectivity index (χ1n) is 7.03. The minimum Gasteiger partial charge on any atom is -0.398 e. The van der Waals surface area contributed by atoms with Crippen molar-refractivity contribution in [2.75, 3.05) is 25.5 Å². The standard InChI is InChI=1S/C14H21FN2O3S/c1-10-13(15)7-12(8-14(10)16)21(18,19)17-5-2-6-20-9-11-3-4-11/h7-8,11,17H,2-6,9,16H2,1H3. The molecule has 1 aromatic rings. The van der Waals surface area contributed by atoms with E-state index < -0.39 is 15.8 Å². The molecule has 0 aromatic heterocycles. The van der Waals surface area contributed by atoms with Gasteiger partial charge in [-0.1, -0.05) is 0 Å². The summed E-state index contributed by atoms with van der Waals surface area (Å²) >= 11 is 0. The summed E-state index contributed by atoms with van der Waals surface area (Å²) in [6, 6.07) is 2.25. The molecule has 1 saturated carbocycles. The van der Waals surface area contributed by atoms with Gasteiger partial charge in [0.05, 0.1) is 4.90 Å². The van der Waals surface area contributed by atoms with Gasteiger partial charge < -0.3 is 10.5 Å². The molecule has 0 saturated heterocycles. The summed E-state index contributed by atoms with van der Waals surface area (Å²) in [6.07, 6.45) is 3.04. The number of rotatable bonds is 8. The lowest BCUT2D eigenvalue weighted by Crippen LogP contribution is -2.26. The van der Waals surface area contributed by atoms with Crippen LogP contribution in [-0.4, -0.2) is 28.2 Å². The number of nitrogens with two attached hydrogens (primary N) is 1. The van der Waals surface area contributed by atoms with Crippen LogP contribution >= 0.6 is 0 Å². The third-order valence-corrected chi connectivity index (χ3v) is 4.92. The second-order valence-electron chi connectivity index (χ2n) is 5.39. The van der Waals surface area contributed by atoms with Crippen molar-refractivity contribution in [1.29, 1.82) is 0 Å². The maximum atomic E-state index is 13.5. The number of hydrogen-bond donors (Lipinski definition) is 2. The molecule has 2 rings (SSSR count). The number of hydrogen-bond acceptors (Lipinski definition) is 4. The zero-order chi connectivity index (χ0) is 15.5. The molecule has 1 fully saturated rings. The molecule has 0 radical (unpaired) electrons. The van der Waals surface area contributed by atoms with Gasteiger partial charge in [-0.25, -0.2) is 17.5 Å². The first-order chi connectivity index (χ1) is 9.90. The third-order valence-electron chi connectivity index (χ3n) is 3.48. The van der Waals surface area contributed by atoms with Gasteiger partial charge in [0.1, 0.15) is 5.82 Å². The molecule has 0 bridgehead atoms. The Morgan fingerprint density at radius 3 is 2.76 bits per heavy atom. The van der Waals surface area contributed by atoms with Crippen LogP contribution in [0.15, 0.2) is 17.0 Å². The fourth-order valence-electron chi connectivity index (χ4n) is 1.83. The van der Waals surface area contributed by atoms with Crippen LogP contribution in [0, 0.1) is 18.7 Å². The maximum absolute atomic E-state index is 13.5. The summed E-state index contributed by atoms with van der Waals surface area (Å²) < 4.78 is 45.4. The summed E-state index contributed by atoms with van der Waals surface area (Å²) in [7, 11) is -3.74. The Bertz CT molecular complexity index is 577. The molecule has 3 N–H and O–H groups in total. The Labute approximate surface area is 124 Å². The molecule has 0 heterocycles. The SMILES string of the molecule is Cc1c(N)cc(S(=O)(=O)NCCCOCC2CC2)cc1F. The van der Waals surface area contributed by atoms with Gasteiger partial charge in [0.15, 0.2) is 0 Å². The highest BCUT2D eigenvalue weighted by Gasteiger charge is 2.21. The van der Waals surface area contributed by atoms with Crippen molar-refractivity contribution in [2.45, 2.75) is 31.1 Å². The van der Waals surface area contributed by atoms with Gasteiger partial charge >= 0.3 is 0 Å². The van der Waals surface area contributed by atoms with E-state index in [1.165, 1.54) is 25.8 Å². The number of benzene rings is 1. The molecular formula is C14H21FN2O3S. The molecule has 7 heteroatoms. The van der Waals surface area contributed by atoms with Gasteiger partial charge in [0, 0.05) is 31.0 Å². The summed E-state index contributed by atoms with van der Waals surface area (Å²) in [5.41, 5.74) is 5.97. The van der Waals surface area contributed by atoms with Crippen LogP contribution in [-0.2, 0) is 14.8 Å². The third kappa shape index (κ3) is 4.66. The number of sulfonamides is 1. The van der Waals surface area contributed by atoms with Gasteiger partial charge in [-0.2, -0.15) is 0 Å². The van der Waals surface area contributed by atoms with E-state index >= 15 is 0 Å². The molecule has 0 amide bonds. The summed E-state index contributed by atoms with van der Waals surface area (Å²) in [5, 5.41) is 0. The van der Waals surface area contributed by atoms with E-state index in [4.69, 9.17) is 10.5 Å². The summed E-state index contributed by atoms with van der Waals surface area (Å²) in [6.45, 7) is 3.03. The minimum absolute atomic E-state index is 0.128. The predicted molar refractivity (Wildman–Crippen MR) is 78.9 cm³/mol. The lowest BCUT2D eigenvalue weighted by Gasteiger charge is -2.09. The average Bonchev–Trinajstić information content (AvgIpc) is 3.23. The second kappa shape index (κ2) is 6.72. The molecule has 0 spiro atoms. The zero-order valence-electron chi connectivity index (χ0n) is 12.1. The summed E-state index contributed by atoms with van der Waals surface area (Å²) in [4.78, 5) is -0.151. The number of anilines is 1. The van der Waals surface area contributed by atoms with E-state index in [-0.39, 0.29) is 22.7 Å². The largest absolute Gasteiger partial charge is 0.398 e. The number of nitrogens with one attached hydrogen (secondary N) is 1. The smallest absolute Gasteiger partial charge is 0.240 e. The molecule has 1 aliphatic rings. The number of ether oxygens (including phenoxy) is 1.